The van der Waals surface area contributed by atoms with Gasteiger partial charge in [0.1, 0.15) is 0 Å². The third-order valence-corrected chi connectivity index (χ3v) is 6.61. The van der Waals surface area contributed by atoms with Crippen molar-refractivity contribution in [3.8, 4) is 0 Å². The standard InChI is InChI=1S/C21H37N5OS.HI/c1-3-22-21(23-15-18(2)26-10-12-27-13-11-26)24-16-19-6-8-25(9-7-19)17-20-5-4-14-28-20;/h4-5,14,18-19H,3,6-13,15-17H2,1-2H3,(H2,22,23,24);1H. The van der Waals surface area contributed by atoms with Gasteiger partial charge in [0.15, 0.2) is 5.96 Å². The summed E-state index contributed by atoms with van der Waals surface area (Å²) >= 11 is 1.87. The highest BCUT2D eigenvalue weighted by Gasteiger charge is 2.20. The first-order chi connectivity index (χ1) is 13.7. The van der Waals surface area contributed by atoms with Gasteiger partial charge in [-0.25, -0.2) is 0 Å². The molecular formula is C21H38IN5OS. The van der Waals surface area contributed by atoms with Crippen molar-refractivity contribution in [3.63, 3.8) is 0 Å². The molecule has 8 heteroatoms. The predicted molar refractivity (Wildman–Crippen MR) is 134 cm³/mol. The van der Waals surface area contributed by atoms with E-state index in [1.54, 1.807) is 0 Å². The maximum atomic E-state index is 5.45. The Labute approximate surface area is 197 Å². The number of morpholine rings is 1. The van der Waals surface area contributed by atoms with Crippen LogP contribution in [-0.4, -0.2) is 80.8 Å². The van der Waals surface area contributed by atoms with Gasteiger partial charge >= 0.3 is 0 Å². The molecule has 1 unspecified atom stereocenters. The molecule has 1 aromatic rings. The van der Waals surface area contributed by atoms with Gasteiger partial charge in [-0.05, 0) is 57.1 Å². The van der Waals surface area contributed by atoms with Crippen molar-refractivity contribution in [2.24, 2.45) is 10.9 Å². The number of thiophene rings is 1. The van der Waals surface area contributed by atoms with E-state index < -0.39 is 0 Å². The average Bonchev–Trinajstić information content (AvgIpc) is 3.24. The van der Waals surface area contributed by atoms with E-state index in [4.69, 9.17) is 9.73 Å². The number of guanidine groups is 1. The lowest BCUT2D eigenvalue weighted by atomic mass is 9.97. The van der Waals surface area contributed by atoms with Crippen LogP contribution in [0.4, 0.5) is 0 Å². The molecule has 166 valence electrons. The maximum absolute atomic E-state index is 5.45. The third kappa shape index (κ3) is 8.69. The fourth-order valence-electron chi connectivity index (χ4n) is 3.91. The zero-order valence-corrected chi connectivity index (χ0v) is 21.1. The maximum Gasteiger partial charge on any atom is 0.191 e. The molecule has 6 nitrogen and oxygen atoms in total. The average molecular weight is 536 g/mol. The zero-order valence-electron chi connectivity index (χ0n) is 17.9. The van der Waals surface area contributed by atoms with E-state index in [0.29, 0.717) is 6.04 Å². The van der Waals surface area contributed by atoms with Crippen LogP contribution in [0.1, 0.15) is 31.6 Å². The minimum Gasteiger partial charge on any atom is -0.379 e. The normalized spacial score (nSPS) is 20.8. The molecular weight excluding hydrogens is 497 g/mol. The molecule has 0 bridgehead atoms. The number of nitrogens with one attached hydrogen (secondary N) is 2. The highest BCUT2D eigenvalue weighted by atomic mass is 127. The molecule has 2 aliphatic rings. The molecule has 1 atom stereocenters. The van der Waals surface area contributed by atoms with Crippen molar-refractivity contribution in [1.29, 1.82) is 0 Å². The molecule has 0 spiro atoms. The highest BCUT2D eigenvalue weighted by Crippen LogP contribution is 2.20. The van der Waals surface area contributed by atoms with Crippen molar-refractivity contribution < 1.29 is 4.74 Å². The Hall–Kier alpha value is -0.420. The summed E-state index contributed by atoms with van der Waals surface area (Å²) in [5.41, 5.74) is 0. The lowest BCUT2D eigenvalue weighted by Gasteiger charge is -2.32. The summed E-state index contributed by atoms with van der Waals surface area (Å²) < 4.78 is 5.45. The predicted octanol–water partition coefficient (Wildman–Crippen LogP) is 2.85. The molecule has 0 aromatic carbocycles. The van der Waals surface area contributed by atoms with Crippen LogP contribution in [0.3, 0.4) is 0 Å². The number of hydrogen-bond acceptors (Lipinski definition) is 5. The van der Waals surface area contributed by atoms with Gasteiger partial charge in [0.25, 0.3) is 0 Å². The Balaban J connectivity index is 0.00000300. The molecule has 3 rings (SSSR count). The van der Waals surface area contributed by atoms with Gasteiger partial charge in [0, 0.05) is 43.6 Å². The summed E-state index contributed by atoms with van der Waals surface area (Å²) in [6.45, 7) is 14.4. The monoisotopic (exact) mass is 535 g/mol. The summed E-state index contributed by atoms with van der Waals surface area (Å²) in [4.78, 5) is 11.4. The first kappa shape index (κ1) is 24.8. The first-order valence-electron chi connectivity index (χ1n) is 10.8. The Kier molecular flexibility index (Phi) is 11.8. The van der Waals surface area contributed by atoms with Crippen molar-refractivity contribution in [2.75, 3.05) is 59.0 Å². The van der Waals surface area contributed by atoms with Gasteiger partial charge in [-0.3, -0.25) is 14.8 Å². The molecule has 2 N–H and O–H groups in total. The van der Waals surface area contributed by atoms with Gasteiger partial charge in [0.2, 0.25) is 0 Å². The van der Waals surface area contributed by atoms with Gasteiger partial charge in [-0.2, -0.15) is 0 Å². The summed E-state index contributed by atoms with van der Waals surface area (Å²) in [5.74, 6) is 1.70. The van der Waals surface area contributed by atoms with E-state index in [0.717, 1.165) is 64.4 Å². The van der Waals surface area contributed by atoms with Gasteiger partial charge in [-0.15, -0.1) is 35.3 Å². The molecule has 0 amide bonds. The lowest BCUT2D eigenvalue weighted by Crippen LogP contribution is -2.45. The van der Waals surface area contributed by atoms with Gasteiger partial charge < -0.3 is 15.4 Å². The van der Waals surface area contributed by atoms with Gasteiger partial charge in [0.05, 0.1) is 19.8 Å². The molecule has 3 heterocycles. The second-order valence-electron chi connectivity index (χ2n) is 7.90. The Morgan fingerprint density at radius 3 is 2.66 bits per heavy atom. The minimum atomic E-state index is 0. The van der Waals surface area contributed by atoms with Crippen LogP contribution < -0.4 is 10.6 Å². The summed E-state index contributed by atoms with van der Waals surface area (Å²) in [6, 6.07) is 4.85. The molecule has 1 aromatic heterocycles. The van der Waals surface area contributed by atoms with E-state index in [1.807, 2.05) is 11.3 Å². The first-order valence-corrected chi connectivity index (χ1v) is 11.7. The quantitative estimate of drug-likeness (QED) is 0.305. The number of piperidine rings is 1. The second-order valence-corrected chi connectivity index (χ2v) is 8.93. The molecule has 2 saturated heterocycles. The number of halogens is 1. The number of hydrogen-bond donors (Lipinski definition) is 2. The second kappa shape index (κ2) is 13.8. The van der Waals surface area contributed by atoms with Crippen LogP contribution in [0.5, 0.6) is 0 Å². The number of aliphatic imine (C=N–C) groups is 1. The molecule has 0 saturated carbocycles. The van der Waals surface area contributed by atoms with Crippen LogP contribution in [0.25, 0.3) is 0 Å². The number of rotatable bonds is 8. The van der Waals surface area contributed by atoms with E-state index in [-0.39, 0.29) is 24.0 Å². The van der Waals surface area contributed by atoms with Crippen LogP contribution in [0.15, 0.2) is 22.5 Å². The minimum absolute atomic E-state index is 0. The van der Waals surface area contributed by atoms with Crippen LogP contribution in [0.2, 0.25) is 0 Å². The van der Waals surface area contributed by atoms with Crippen molar-refractivity contribution in [1.82, 2.24) is 20.4 Å². The van der Waals surface area contributed by atoms with E-state index >= 15 is 0 Å². The van der Waals surface area contributed by atoms with Gasteiger partial charge in [-0.1, -0.05) is 6.07 Å². The SMILES string of the molecule is CCNC(=NCC(C)N1CCOCC1)NCC1CCN(Cc2cccs2)CC1.I. The topological polar surface area (TPSA) is 52.1 Å². The van der Waals surface area contributed by atoms with Crippen molar-refractivity contribution in [3.05, 3.63) is 22.4 Å². The third-order valence-electron chi connectivity index (χ3n) is 5.75. The smallest absolute Gasteiger partial charge is 0.191 e. The van der Waals surface area contributed by atoms with Crippen molar-refractivity contribution >= 4 is 41.3 Å². The summed E-state index contributed by atoms with van der Waals surface area (Å²) in [6.07, 6.45) is 2.53. The number of ether oxygens (including phenoxy) is 1. The van der Waals surface area contributed by atoms with E-state index in [1.165, 1.54) is 30.8 Å². The van der Waals surface area contributed by atoms with Crippen LogP contribution in [0, 0.1) is 5.92 Å². The Morgan fingerprint density at radius 1 is 1.24 bits per heavy atom. The highest BCUT2D eigenvalue weighted by molar-refractivity contribution is 14.0. The molecule has 0 aliphatic carbocycles. The zero-order chi connectivity index (χ0) is 19.6. The van der Waals surface area contributed by atoms with Crippen molar-refractivity contribution in [2.45, 2.75) is 39.3 Å². The van der Waals surface area contributed by atoms with E-state index in [9.17, 15) is 0 Å². The molecule has 2 aliphatic heterocycles. The van der Waals surface area contributed by atoms with E-state index in [2.05, 4.69) is 51.8 Å². The van der Waals surface area contributed by atoms with Crippen LogP contribution >= 0.6 is 35.3 Å². The fourth-order valence-corrected chi connectivity index (χ4v) is 4.66. The fraction of sp³-hybridized carbons (Fsp3) is 0.762. The lowest BCUT2D eigenvalue weighted by molar-refractivity contribution is 0.0220. The summed E-state index contributed by atoms with van der Waals surface area (Å²) in [7, 11) is 0. The molecule has 29 heavy (non-hydrogen) atoms. The number of likely N-dealkylation sites (tertiary alicyclic amines) is 1. The molecule has 2 fully saturated rings. The molecule has 0 radical (unpaired) electrons. The largest absolute Gasteiger partial charge is 0.379 e. The Morgan fingerprint density at radius 2 is 2.00 bits per heavy atom. The number of nitrogens with zero attached hydrogens (tertiary/aromatic N) is 3. The summed E-state index contributed by atoms with van der Waals surface area (Å²) in [5, 5.41) is 9.17. The Bertz CT molecular complexity index is 572. The van der Waals surface area contributed by atoms with Crippen LogP contribution in [-0.2, 0) is 11.3 Å².